The molecule has 18 heavy (non-hydrogen) atoms. The summed E-state index contributed by atoms with van der Waals surface area (Å²) >= 11 is 0. The first kappa shape index (κ1) is 9.41. The fraction of sp³-hybridized carbons (Fsp3) is 0. The van der Waals surface area contributed by atoms with E-state index in [2.05, 4.69) is 21.1 Å². The van der Waals surface area contributed by atoms with Crippen molar-refractivity contribution < 1.29 is 0 Å². The van der Waals surface area contributed by atoms with Crippen LogP contribution in [0.2, 0.25) is 0 Å². The van der Waals surface area contributed by atoms with Crippen LogP contribution in [0.15, 0.2) is 55.1 Å². The second-order valence-corrected chi connectivity index (χ2v) is 4.19. The van der Waals surface area contributed by atoms with Crippen molar-refractivity contribution >= 4 is 16.6 Å². The van der Waals surface area contributed by atoms with Crippen LogP contribution in [-0.2, 0) is 0 Å². The van der Waals surface area contributed by atoms with Gasteiger partial charge in [-0.3, -0.25) is 0 Å². The van der Waals surface area contributed by atoms with Crippen LogP contribution < -0.4 is 0 Å². The summed E-state index contributed by atoms with van der Waals surface area (Å²) in [6, 6.07) is 10.1. The summed E-state index contributed by atoms with van der Waals surface area (Å²) in [5.74, 6) is 0. The van der Waals surface area contributed by atoms with E-state index in [-0.39, 0.29) is 0 Å². The number of aromatic amines is 1. The molecule has 0 aliphatic carbocycles. The minimum Gasteiger partial charge on any atom is -0.346 e. The van der Waals surface area contributed by atoms with Gasteiger partial charge in [-0.1, -0.05) is 6.07 Å². The van der Waals surface area contributed by atoms with Crippen molar-refractivity contribution in [3.05, 3.63) is 55.1 Å². The van der Waals surface area contributed by atoms with E-state index in [1.165, 1.54) is 0 Å². The Morgan fingerprint density at radius 2 is 2.06 bits per heavy atom. The SMILES string of the molecule is c1ccn2ncc(-c3ccnc4[nH]ccc34)c2c1. The minimum absolute atomic E-state index is 0.905. The molecule has 0 radical (unpaired) electrons. The molecule has 0 amide bonds. The molecule has 0 spiro atoms. The summed E-state index contributed by atoms with van der Waals surface area (Å²) in [7, 11) is 0. The predicted molar refractivity (Wildman–Crippen MR) is 70.3 cm³/mol. The number of hydrogen-bond donors (Lipinski definition) is 1. The molecular formula is C14H10N4. The van der Waals surface area contributed by atoms with Gasteiger partial charge in [0.25, 0.3) is 0 Å². The third-order valence-corrected chi connectivity index (χ3v) is 3.18. The quantitative estimate of drug-likeness (QED) is 0.550. The minimum atomic E-state index is 0.905. The fourth-order valence-electron chi connectivity index (χ4n) is 2.34. The molecule has 0 aliphatic rings. The second-order valence-electron chi connectivity index (χ2n) is 4.19. The molecular weight excluding hydrogens is 224 g/mol. The van der Waals surface area contributed by atoms with Crippen molar-refractivity contribution in [3.63, 3.8) is 0 Å². The monoisotopic (exact) mass is 234 g/mol. The maximum atomic E-state index is 4.37. The Bertz CT molecular complexity index is 841. The third kappa shape index (κ3) is 1.20. The molecule has 4 heterocycles. The number of fused-ring (bicyclic) bond motifs is 2. The molecule has 0 atom stereocenters. The van der Waals surface area contributed by atoms with Gasteiger partial charge < -0.3 is 4.98 Å². The smallest absolute Gasteiger partial charge is 0.137 e. The Labute approximate surface area is 103 Å². The number of aromatic nitrogens is 4. The molecule has 4 heteroatoms. The van der Waals surface area contributed by atoms with Crippen molar-refractivity contribution in [3.8, 4) is 11.1 Å². The van der Waals surface area contributed by atoms with Gasteiger partial charge in [-0.15, -0.1) is 0 Å². The van der Waals surface area contributed by atoms with Crippen LogP contribution in [0.4, 0.5) is 0 Å². The molecule has 4 rings (SSSR count). The number of nitrogens with zero attached hydrogens (tertiary/aromatic N) is 3. The molecule has 1 N–H and O–H groups in total. The van der Waals surface area contributed by atoms with Crippen molar-refractivity contribution in [2.24, 2.45) is 0 Å². The largest absolute Gasteiger partial charge is 0.346 e. The molecule has 0 fully saturated rings. The summed E-state index contributed by atoms with van der Waals surface area (Å²) in [6.07, 6.45) is 7.58. The van der Waals surface area contributed by atoms with Crippen molar-refractivity contribution in [2.45, 2.75) is 0 Å². The van der Waals surface area contributed by atoms with E-state index in [4.69, 9.17) is 0 Å². The Morgan fingerprint density at radius 1 is 1.06 bits per heavy atom. The van der Waals surface area contributed by atoms with Crippen LogP contribution >= 0.6 is 0 Å². The van der Waals surface area contributed by atoms with Crippen molar-refractivity contribution in [1.82, 2.24) is 19.6 Å². The zero-order valence-electron chi connectivity index (χ0n) is 9.54. The van der Waals surface area contributed by atoms with E-state index in [0.717, 1.165) is 27.7 Å². The zero-order chi connectivity index (χ0) is 11.9. The Hall–Kier alpha value is -2.62. The van der Waals surface area contributed by atoms with Gasteiger partial charge in [0.15, 0.2) is 0 Å². The fourth-order valence-corrected chi connectivity index (χ4v) is 2.34. The van der Waals surface area contributed by atoms with Gasteiger partial charge in [0.2, 0.25) is 0 Å². The van der Waals surface area contributed by atoms with Crippen LogP contribution in [0.3, 0.4) is 0 Å². The molecule has 4 aromatic heterocycles. The number of H-pyrrole nitrogens is 1. The summed E-state index contributed by atoms with van der Waals surface area (Å²) in [5, 5.41) is 5.49. The predicted octanol–water partition coefficient (Wildman–Crippen LogP) is 2.88. The Morgan fingerprint density at radius 3 is 3.06 bits per heavy atom. The summed E-state index contributed by atoms with van der Waals surface area (Å²) in [5.41, 5.74) is 4.29. The highest BCUT2D eigenvalue weighted by Gasteiger charge is 2.10. The summed E-state index contributed by atoms with van der Waals surface area (Å²) in [4.78, 5) is 7.44. The zero-order valence-corrected chi connectivity index (χ0v) is 9.54. The molecule has 0 saturated heterocycles. The molecule has 0 saturated carbocycles. The van der Waals surface area contributed by atoms with Crippen LogP contribution in [-0.4, -0.2) is 19.6 Å². The lowest BCUT2D eigenvalue weighted by Gasteiger charge is -2.01. The van der Waals surface area contributed by atoms with Gasteiger partial charge in [-0.2, -0.15) is 5.10 Å². The Balaban J connectivity index is 2.10. The lowest BCUT2D eigenvalue weighted by Crippen LogP contribution is -1.84. The highest BCUT2D eigenvalue weighted by molar-refractivity contribution is 5.97. The van der Waals surface area contributed by atoms with Gasteiger partial charge in [-0.05, 0) is 29.8 Å². The standard InChI is InChI=1S/C14H10N4/c1-2-8-18-13(3-1)12(9-17-18)10-4-6-15-14-11(10)5-7-16-14/h1-9H,(H,15,16). The number of nitrogens with one attached hydrogen (secondary N) is 1. The van der Waals surface area contributed by atoms with E-state index in [1.807, 2.05) is 53.6 Å². The van der Waals surface area contributed by atoms with Crippen LogP contribution in [0.25, 0.3) is 27.7 Å². The van der Waals surface area contributed by atoms with Crippen molar-refractivity contribution in [1.29, 1.82) is 0 Å². The van der Waals surface area contributed by atoms with E-state index >= 15 is 0 Å². The molecule has 0 bridgehead atoms. The maximum absolute atomic E-state index is 4.37. The third-order valence-electron chi connectivity index (χ3n) is 3.18. The molecule has 0 unspecified atom stereocenters. The summed E-state index contributed by atoms with van der Waals surface area (Å²) in [6.45, 7) is 0. The van der Waals surface area contributed by atoms with Gasteiger partial charge in [0.05, 0.1) is 11.7 Å². The first-order valence-electron chi connectivity index (χ1n) is 5.78. The van der Waals surface area contributed by atoms with E-state index < -0.39 is 0 Å². The van der Waals surface area contributed by atoms with Gasteiger partial charge in [0, 0.05) is 29.5 Å². The maximum Gasteiger partial charge on any atom is 0.137 e. The molecule has 4 aromatic rings. The second kappa shape index (κ2) is 3.43. The van der Waals surface area contributed by atoms with Crippen LogP contribution in [0.1, 0.15) is 0 Å². The van der Waals surface area contributed by atoms with Crippen LogP contribution in [0.5, 0.6) is 0 Å². The molecule has 0 aliphatic heterocycles. The van der Waals surface area contributed by atoms with Crippen LogP contribution in [0, 0.1) is 0 Å². The van der Waals surface area contributed by atoms with E-state index in [1.54, 1.807) is 0 Å². The number of rotatable bonds is 1. The topological polar surface area (TPSA) is 46.0 Å². The van der Waals surface area contributed by atoms with Gasteiger partial charge in [0.1, 0.15) is 5.65 Å². The van der Waals surface area contributed by atoms with E-state index in [0.29, 0.717) is 0 Å². The van der Waals surface area contributed by atoms with Gasteiger partial charge >= 0.3 is 0 Å². The Kier molecular flexibility index (Phi) is 1.80. The average Bonchev–Trinajstić information content (AvgIpc) is 3.05. The normalized spacial score (nSPS) is 11.3. The average molecular weight is 234 g/mol. The molecule has 4 nitrogen and oxygen atoms in total. The van der Waals surface area contributed by atoms with Gasteiger partial charge in [-0.25, -0.2) is 9.50 Å². The number of pyridine rings is 2. The number of hydrogen-bond acceptors (Lipinski definition) is 2. The molecule has 86 valence electrons. The first-order valence-corrected chi connectivity index (χ1v) is 5.78. The lowest BCUT2D eigenvalue weighted by molar-refractivity contribution is 0.961. The lowest BCUT2D eigenvalue weighted by atomic mass is 10.1. The highest BCUT2D eigenvalue weighted by atomic mass is 15.2. The van der Waals surface area contributed by atoms with Crippen molar-refractivity contribution in [2.75, 3.05) is 0 Å². The highest BCUT2D eigenvalue weighted by Crippen LogP contribution is 2.29. The molecule has 0 aromatic carbocycles. The first-order chi connectivity index (χ1) is 8.93. The van der Waals surface area contributed by atoms with E-state index in [9.17, 15) is 0 Å². The summed E-state index contributed by atoms with van der Waals surface area (Å²) < 4.78 is 1.88.